The van der Waals surface area contributed by atoms with Crippen molar-refractivity contribution in [3.8, 4) is 0 Å². The van der Waals surface area contributed by atoms with Crippen LogP contribution in [0.5, 0.6) is 0 Å². The summed E-state index contributed by atoms with van der Waals surface area (Å²) in [5, 5.41) is 11.5. The fourth-order valence-corrected chi connectivity index (χ4v) is 3.77. The zero-order chi connectivity index (χ0) is 12.4. The highest BCUT2D eigenvalue weighted by Gasteiger charge is 2.08. The highest BCUT2D eigenvalue weighted by atomic mass is 79.9. The van der Waals surface area contributed by atoms with Crippen molar-refractivity contribution in [3.63, 3.8) is 0 Å². The van der Waals surface area contributed by atoms with Crippen molar-refractivity contribution in [2.45, 2.75) is 29.2 Å². The predicted octanol–water partition coefficient (Wildman–Crippen LogP) is 4.42. The third-order valence-electron chi connectivity index (χ3n) is 2.23. The first kappa shape index (κ1) is 13.1. The lowest BCUT2D eigenvalue weighted by atomic mass is 10.1. The summed E-state index contributed by atoms with van der Waals surface area (Å²) in [6.07, 6.45) is -0.438. The summed E-state index contributed by atoms with van der Waals surface area (Å²) in [6.45, 7) is 3.75. The van der Waals surface area contributed by atoms with Crippen molar-refractivity contribution in [3.05, 3.63) is 39.3 Å². The molecular weight excluding hydrogens is 318 g/mol. The zero-order valence-corrected chi connectivity index (χ0v) is 12.7. The molecule has 1 atom stereocenters. The van der Waals surface area contributed by atoms with Gasteiger partial charge in [-0.3, -0.25) is 0 Å². The Morgan fingerprint density at radius 3 is 2.76 bits per heavy atom. The van der Waals surface area contributed by atoms with E-state index in [1.54, 1.807) is 30.0 Å². The molecule has 90 valence electrons. The number of hydrogen-bond acceptors (Lipinski definition) is 4. The van der Waals surface area contributed by atoms with Crippen LogP contribution in [0.4, 0.5) is 0 Å². The van der Waals surface area contributed by atoms with Crippen molar-refractivity contribution in [2.24, 2.45) is 0 Å². The van der Waals surface area contributed by atoms with Crippen LogP contribution in [-0.4, -0.2) is 10.1 Å². The first-order valence-electron chi connectivity index (χ1n) is 5.14. The Hall–Kier alpha value is -0.360. The van der Waals surface area contributed by atoms with Crippen LogP contribution in [0.15, 0.2) is 37.3 Å². The highest BCUT2D eigenvalue weighted by Crippen LogP contribution is 2.36. The van der Waals surface area contributed by atoms with E-state index in [-0.39, 0.29) is 0 Å². The molecule has 5 heteroatoms. The summed E-state index contributed by atoms with van der Waals surface area (Å²) in [5.74, 6) is 0. The molecule has 0 aliphatic rings. The molecule has 0 spiro atoms. The van der Waals surface area contributed by atoms with Gasteiger partial charge in [-0.1, -0.05) is 17.8 Å². The fraction of sp³-hybridized carbons (Fsp3) is 0.250. The Morgan fingerprint density at radius 2 is 2.24 bits per heavy atom. The smallest absolute Gasteiger partial charge is 0.154 e. The molecule has 17 heavy (non-hydrogen) atoms. The van der Waals surface area contributed by atoms with Gasteiger partial charge in [0.15, 0.2) is 4.34 Å². The number of aryl methyl sites for hydroxylation is 1. The molecule has 0 radical (unpaired) electrons. The minimum absolute atomic E-state index is 0.438. The number of nitrogens with zero attached hydrogens (tertiary/aromatic N) is 1. The van der Waals surface area contributed by atoms with Gasteiger partial charge in [0.25, 0.3) is 0 Å². The number of thiazole rings is 1. The molecule has 1 aromatic carbocycles. The van der Waals surface area contributed by atoms with Crippen molar-refractivity contribution < 1.29 is 5.11 Å². The molecule has 0 saturated heterocycles. The molecule has 0 saturated carbocycles. The Balaban J connectivity index is 2.22. The van der Waals surface area contributed by atoms with Crippen molar-refractivity contribution in [1.82, 2.24) is 4.98 Å². The van der Waals surface area contributed by atoms with Gasteiger partial charge in [-0.05, 0) is 47.5 Å². The number of hydrogen-bond donors (Lipinski definition) is 1. The molecule has 0 aliphatic carbocycles. The third-order valence-corrected chi connectivity index (χ3v) is 5.28. The molecule has 1 unspecified atom stereocenters. The molecule has 0 bridgehead atoms. The van der Waals surface area contributed by atoms with Gasteiger partial charge in [0, 0.05) is 20.4 Å². The monoisotopic (exact) mass is 329 g/mol. The number of benzene rings is 1. The normalized spacial score (nSPS) is 12.7. The van der Waals surface area contributed by atoms with Gasteiger partial charge in [0.05, 0.1) is 6.10 Å². The summed E-state index contributed by atoms with van der Waals surface area (Å²) in [4.78, 5) is 5.53. The summed E-state index contributed by atoms with van der Waals surface area (Å²) < 4.78 is 2.03. The topological polar surface area (TPSA) is 33.1 Å². The largest absolute Gasteiger partial charge is 0.389 e. The summed E-state index contributed by atoms with van der Waals surface area (Å²) in [7, 11) is 0. The highest BCUT2D eigenvalue weighted by molar-refractivity contribution is 9.10. The lowest BCUT2D eigenvalue weighted by Crippen LogP contribution is -1.90. The van der Waals surface area contributed by atoms with Crippen LogP contribution in [0.25, 0.3) is 0 Å². The quantitative estimate of drug-likeness (QED) is 0.904. The first-order chi connectivity index (χ1) is 8.06. The Bertz CT molecular complexity index is 525. The summed E-state index contributed by atoms with van der Waals surface area (Å²) >= 11 is 6.80. The van der Waals surface area contributed by atoms with Gasteiger partial charge in [-0.15, -0.1) is 11.3 Å². The molecular formula is C12H12BrNOS2. The second-order valence-corrected chi connectivity index (χ2v) is 6.72. The SMILES string of the molecule is Cc1csc(Sc2ccc(C(C)O)cc2Br)n1. The van der Waals surface area contributed by atoms with E-state index in [4.69, 9.17) is 0 Å². The van der Waals surface area contributed by atoms with Crippen LogP contribution in [0.2, 0.25) is 0 Å². The first-order valence-corrected chi connectivity index (χ1v) is 7.62. The predicted molar refractivity (Wildman–Crippen MR) is 75.7 cm³/mol. The lowest BCUT2D eigenvalue weighted by molar-refractivity contribution is 0.199. The average Bonchev–Trinajstić information content (AvgIpc) is 2.67. The van der Waals surface area contributed by atoms with E-state index in [0.717, 1.165) is 25.0 Å². The Labute approximate surface area is 117 Å². The zero-order valence-electron chi connectivity index (χ0n) is 9.48. The van der Waals surface area contributed by atoms with Crippen molar-refractivity contribution >= 4 is 39.0 Å². The maximum Gasteiger partial charge on any atom is 0.154 e. The summed E-state index contributed by atoms with van der Waals surface area (Å²) in [5.41, 5.74) is 1.96. The maximum atomic E-state index is 9.49. The second kappa shape index (κ2) is 5.52. The molecule has 2 aromatic rings. The van der Waals surface area contributed by atoms with E-state index in [1.807, 2.05) is 30.5 Å². The molecule has 2 rings (SSSR count). The van der Waals surface area contributed by atoms with Gasteiger partial charge in [0.2, 0.25) is 0 Å². The van der Waals surface area contributed by atoms with Crippen LogP contribution in [0.1, 0.15) is 24.3 Å². The van der Waals surface area contributed by atoms with Gasteiger partial charge < -0.3 is 5.11 Å². The standard InChI is InChI=1S/C12H12BrNOS2/c1-7-6-16-12(14-7)17-11-4-3-9(8(2)15)5-10(11)13/h3-6,8,15H,1-2H3. The molecule has 0 fully saturated rings. The number of aromatic nitrogens is 1. The second-order valence-electron chi connectivity index (χ2n) is 3.72. The van der Waals surface area contributed by atoms with Gasteiger partial charge in [-0.25, -0.2) is 4.98 Å². The molecule has 1 heterocycles. The van der Waals surface area contributed by atoms with Crippen LogP contribution in [-0.2, 0) is 0 Å². The van der Waals surface area contributed by atoms with Crippen molar-refractivity contribution in [2.75, 3.05) is 0 Å². The van der Waals surface area contributed by atoms with E-state index in [2.05, 4.69) is 20.9 Å². The number of aliphatic hydroxyl groups is 1. The number of aliphatic hydroxyl groups excluding tert-OH is 1. The Morgan fingerprint density at radius 1 is 1.47 bits per heavy atom. The van der Waals surface area contributed by atoms with E-state index in [0.29, 0.717) is 0 Å². The van der Waals surface area contributed by atoms with E-state index < -0.39 is 6.10 Å². The maximum absolute atomic E-state index is 9.49. The Kier molecular flexibility index (Phi) is 4.25. The van der Waals surface area contributed by atoms with Gasteiger partial charge >= 0.3 is 0 Å². The van der Waals surface area contributed by atoms with E-state index in [9.17, 15) is 5.11 Å². The number of halogens is 1. The molecule has 1 aromatic heterocycles. The molecule has 0 amide bonds. The minimum atomic E-state index is -0.438. The van der Waals surface area contributed by atoms with Crippen LogP contribution in [0, 0.1) is 6.92 Å². The van der Waals surface area contributed by atoms with Crippen LogP contribution in [0.3, 0.4) is 0 Å². The third kappa shape index (κ3) is 3.31. The summed E-state index contributed by atoms with van der Waals surface area (Å²) in [6, 6.07) is 5.90. The average molecular weight is 330 g/mol. The lowest BCUT2D eigenvalue weighted by Gasteiger charge is -2.07. The molecule has 2 nitrogen and oxygen atoms in total. The van der Waals surface area contributed by atoms with Gasteiger partial charge in [0.1, 0.15) is 0 Å². The van der Waals surface area contributed by atoms with E-state index >= 15 is 0 Å². The van der Waals surface area contributed by atoms with Gasteiger partial charge in [-0.2, -0.15) is 0 Å². The molecule has 0 aliphatic heterocycles. The van der Waals surface area contributed by atoms with Crippen LogP contribution >= 0.6 is 39.0 Å². The minimum Gasteiger partial charge on any atom is -0.389 e. The fourth-order valence-electron chi connectivity index (χ4n) is 1.33. The van der Waals surface area contributed by atoms with E-state index in [1.165, 1.54) is 0 Å². The van der Waals surface area contributed by atoms with Crippen molar-refractivity contribution in [1.29, 1.82) is 0 Å². The number of rotatable bonds is 3. The molecule has 1 N–H and O–H groups in total. The van der Waals surface area contributed by atoms with Crippen LogP contribution < -0.4 is 0 Å².